The number of aromatic amines is 1. The number of anilines is 1. The number of H-pyrrole nitrogens is 1. The van der Waals surface area contributed by atoms with E-state index in [-0.39, 0.29) is 12.0 Å². The summed E-state index contributed by atoms with van der Waals surface area (Å²) in [6, 6.07) is 6.14. The molecule has 4 rings (SSSR count). The predicted molar refractivity (Wildman–Crippen MR) is 112 cm³/mol. The van der Waals surface area contributed by atoms with Crippen LogP contribution in [0.25, 0.3) is 21.3 Å². The molecular weight excluding hydrogens is 480 g/mol. The molecule has 0 saturated carbocycles. The summed E-state index contributed by atoms with van der Waals surface area (Å²) in [6.45, 7) is 2.19. The molecule has 0 atom stereocenters. The van der Waals surface area contributed by atoms with Gasteiger partial charge in [0.25, 0.3) is 0 Å². The molecule has 30 heavy (non-hydrogen) atoms. The van der Waals surface area contributed by atoms with Gasteiger partial charge in [-0.2, -0.15) is 0 Å². The van der Waals surface area contributed by atoms with Crippen molar-refractivity contribution >= 4 is 33.1 Å². The summed E-state index contributed by atoms with van der Waals surface area (Å²) in [5.41, 5.74) is 1.59. The number of halogens is 3. The molecular formula is C19H14BrF2N5O2S. The first kappa shape index (κ1) is 20.4. The van der Waals surface area contributed by atoms with Gasteiger partial charge in [0.2, 0.25) is 0 Å². The molecule has 0 amide bonds. The Hall–Kier alpha value is -2.92. The number of hydrogen-bond acceptors (Lipinski definition) is 7. The Balaban J connectivity index is 1.49. The third-order valence-corrected chi connectivity index (χ3v) is 6.00. The Morgan fingerprint density at radius 3 is 2.67 bits per heavy atom. The molecule has 1 aromatic carbocycles. The van der Waals surface area contributed by atoms with Gasteiger partial charge in [-0.3, -0.25) is 9.51 Å². The first-order valence-electron chi connectivity index (χ1n) is 8.77. The second kappa shape index (κ2) is 8.44. The van der Waals surface area contributed by atoms with Gasteiger partial charge < -0.3 is 5.32 Å². The summed E-state index contributed by atoms with van der Waals surface area (Å²) < 4.78 is 32.8. The number of benzene rings is 1. The molecule has 0 aliphatic heterocycles. The van der Waals surface area contributed by atoms with Crippen LogP contribution in [0.4, 0.5) is 14.6 Å². The third kappa shape index (κ3) is 4.31. The lowest BCUT2D eigenvalue weighted by atomic mass is 10.1. The van der Waals surface area contributed by atoms with Crippen molar-refractivity contribution < 1.29 is 13.3 Å². The number of nitrogens with one attached hydrogen (secondary N) is 2. The molecule has 0 unspecified atom stereocenters. The lowest BCUT2D eigenvalue weighted by Crippen LogP contribution is -2.09. The van der Waals surface area contributed by atoms with Crippen molar-refractivity contribution in [1.29, 1.82) is 0 Å². The van der Waals surface area contributed by atoms with Gasteiger partial charge in [0.05, 0.1) is 15.4 Å². The SMILES string of the molecule is Cc1cc(-c2cc(NCCc3c(F)cc(Br)cc3F)ncn2)sc1-c1noc(=O)[nH]1. The van der Waals surface area contributed by atoms with E-state index in [4.69, 9.17) is 0 Å². The van der Waals surface area contributed by atoms with Crippen molar-refractivity contribution in [1.82, 2.24) is 20.1 Å². The van der Waals surface area contributed by atoms with Crippen molar-refractivity contribution in [2.24, 2.45) is 0 Å². The molecule has 3 aromatic heterocycles. The van der Waals surface area contributed by atoms with E-state index >= 15 is 0 Å². The van der Waals surface area contributed by atoms with Crippen molar-refractivity contribution in [2.45, 2.75) is 13.3 Å². The van der Waals surface area contributed by atoms with E-state index in [9.17, 15) is 13.6 Å². The highest BCUT2D eigenvalue weighted by Gasteiger charge is 2.15. The van der Waals surface area contributed by atoms with Gasteiger partial charge in [0, 0.05) is 22.6 Å². The van der Waals surface area contributed by atoms with Gasteiger partial charge in [0.15, 0.2) is 5.82 Å². The number of thiophene rings is 1. The second-order valence-corrected chi connectivity index (χ2v) is 8.35. The van der Waals surface area contributed by atoms with E-state index in [1.807, 2.05) is 13.0 Å². The minimum atomic E-state index is -0.619. The van der Waals surface area contributed by atoms with Crippen LogP contribution in [0, 0.1) is 18.6 Å². The zero-order chi connectivity index (χ0) is 21.3. The predicted octanol–water partition coefficient (Wildman–Crippen LogP) is 4.55. The van der Waals surface area contributed by atoms with E-state index in [0.717, 1.165) is 15.3 Å². The van der Waals surface area contributed by atoms with Crippen LogP contribution in [0.3, 0.4) is 0 Å². The Labute approximate surface area is 181 Å². The van der Waals surface area contributed by atoms with Crippen molar-refractivity contribution in [3.05, 3.63) is 68.4 Å². The van der Waals surface area contributed by atoms with Gasteiger partial charge in [-0.1, -0.05) is 21.1 Å². The standard InChI is InChI=1S/C19H14BrF2N5O2S/c1-9-4-15(30-17(9)18-26-19(28)29-27-18)14-7-16(25-8-24-14)23-3-2-11-12(21)5-10(20)6-13(11)22/h4-8H,2-3H2,1H3,(H,23,24,25)(H,26,27,28). The number of nitrogens with zero attached hydrogens (tertiary/aromatic N) is 3. The molecule has 0 bridgehead atoms. The zero-order valence-electron chi connectivity index (χ0n) is 15.5. The molecule has 0 saturated heterocycles. The fourth-order valence-corrected chi connectivity index (χ4v) is 4.36. The van der Waals surface area contributed by atoms with E-state index in [1.165, 1.54) is 29.8 Å². The van der Waals surface area contributed by atoms with Crippen molar-refractivity contribution in [2.75, 3.05) is 11.9 Å². The maximum atomic E-state index is 13.9. The number of aromatic nitrogens is 4. The van der Waals surface area contributed by atoms with Crippen LogP contribution in [0.2, 0.25) is 0 Å². The fourth-order valence-electron chi connectivity index (χ4n) is 2.89. The molecule has 0 spiro atoms. The molecule has 7 nitrogen and oxygen atoms in total. The van der Waals surface area contributed by atoms with E-state index in [2.05, 4.69) is 45.9 Å². The van der Waals surface area contributed by atoms with E-state index in [0.29, 0.717) is 28.4 Å². The van der Waals surface area contributed by atoms with Crippen LogP contribution in [-0.2, 0) is 6.42 Å². The zero-order valence-corrected chi connectivity index (χ0v) is 17.9. The Morgan fingerprint density at radius 2 is 1.97 bits per heavy atom. The Bertz CT molecular complexity index is 1250. The van der Waals surface area contributed by atoms with Crippen LogP contribution in [0.15, 0.2) is 44.4 Å². The molecule has 0 aliphatic rings. The molecule has 0 radical (unpaired) electrons. The minimum absolute atomic E-state index is 0.0140. The van der Waals surface area contributed by atoms with Gasteiger partial charge in [-0.05, 0) is 37.1 Å². The largest absolute Gasteiger partial charge is 0.439 e. The summed E-state index contributed by atoms with van der Waals surface area (Å²) in [4.78, 5) is 23.8. The molecule has 11 heteroatoms. The quantitative estimate of drug-likeness (QED) is 0.408. The van der Waals surface area contributed by atoms with Crippen LogP contribution in [0.5, 0.6) is 0 Å². The highest BCUT2D eigenvalue weighted by atomic mass is 79.9. The normalized spacial score (nSPS) is 11.1. The van der Waals surface area contributed by atoms with Crippen molar-refractivity contribution in [3.8, 4) is 21.3 Å². The Morgan fingerprint density at radius 1 is 1.20 bits per heavy atom. The maximum Gasteiger partial charge on any atom is 0.439 e. The van der Waals surface area contributed by atoms with E-state index in [1.54, 1.807) is 6.07 Å². The average molecular weight is 494 g/mol. The molecule has 4 aromatic rings. The summed E-state index contributed by atoms with van der Waals surface area (Å²) in [5, 5.41) is 6.78. The maximum absolute atomic E-state index is 13.9. The lowest BCUT2D eigenvalue weighted by Gasteiger charge is -2.08. The molecule has 154 valence electrons. The molecule has 0 aliphatic carbocycles. The summed E-state index contributed by atoms with van der Waals surface area (Å²) in [6.07, 6.45) is 1.57. The van der Waals surface area contributed by atoms with E-state index < -0.39 is 17.4 Å². The lowest BCUT2D eigenvalue weighted by molar-refractivity contribution is 0.388. The smallest absolute Gasteiger partial charge is 0.370 e. The first-order chi connectivity index (χ1) is 14.4. The monoisotopic (exact) mass is 493 g/mol. The number of rotatable bonds is 6. The van der Waals surface area contributed by atoms with Crippen LogP contribution in [0.1, 0.15) is 11.1 Å². The number of aryl methyl sites for hydroxylation is 1. The fraction of sp³-hybridized carbons (Fsp3) is 0.158. The molecule has 2 N–H and O–H groups in total. The topological polar surface area (TPSA) is 96.7 Å². The van der Waals surface area contributed by atoms with Crippen molar-refractivity contribution in [3.63, 3.8) is 0 Å². The minimum Gasteiger partial charge on any atom is -0.370 e. The Kier molecular flexibility index (Phi) is 5.73. The summed E-state index contributed by atoms with van der Waals surface area (Å²) in [5.74, 6) is -0.925. The second-order valence-electron chi connectivity index (χ2n) is 6.38. The molecule has 3 heterocycles. The highest BCUT2D eigenvalue weighted by Crippen LogP contribution is 2.35. The average Bonchev–Trinajstić information content (AvgIpc) is 3.29. The summed E-state index contributed by atoms with van der Waals surface area (Å²) >= 11 is 4.47. The van der Waals surface area contributed by atoms with Gasteiger partial charge >= 0.3 is 5.76 Å². The van der Waals surface area contributed by atoms with Crippen LogP contribution < -0.4 is 11.1 Å². The highest BCUT2D eigenvalue weighted by molar-refractivity contribution is 9.10. The van der Waals surface area contributed by atoms with Crippen LogP contribution in [-0.4, -0.2) is 26.7 Å². The summed E-state index contributed by atoms with van der Waals surface area (Å²) in [7, 11) is 0. The van der Waals surface area contributed by atoms with Crippen LogP contribution >= 0.6 is 27.3 Å². The molecule has 0 fully saturated rings. The first-order valence-corrected chi connectivity index (χ1v) is 10.4. The van der Waals surface area contributed by atoms with Gasteiger partial charge in [0.1, 0.15) is 23.8 Å². The number of hydrogen-bond donors (Lipinski definition) is 2. The third-order valence-electron chi connectivity index (χ3n) is 4.28. The van der Waals surface area contributed by atoms with Gasteiger partial charge in [-0.25, -0.2) is 23.5 Å². The van der Waals surface area contributed by atoms with Gasteiger partial charge in [-0.15, -0.1) is 11.3 Å².